The molecule has 0 aliphatic rings. The van der Waals surface area contributed by atoms with Gasteiger partial charge in [0.25, 0.3) is 0 Å². The van der Waals surface area contributed by atoms with Crippen molar-refractivity contribution in [1.82, 2.24) is 10.3 Å². The maximum atomic E-state index is 11.8. The average Bonchev–Trinajstić information content (AvgIpc) is 2.39. The summed E-state index contributed by atoms with van der Waals surface area (Å²) in [5.41, 5.74) is 6.82. The van der Waals surface area contributed by atoms with Crippen LogP contribution in [-0.2, 0) is 9.53 Å². The number of nitrogens with two attached hydrogens (primary N) is 1. The van der Waals surface area contributed by atoms with Gasteiger partial charge in [0.05, 0.1) is 12.1 Å². The van der Waals surface area contributed by atoms with Crippen molar-refractivity contribution >= 4 is 5.91 Å². The lowest BCUT2D eigenvalue weighted by Crippen LogP contribution is -2.41. The number of pyridine rings is 1. The van der Waals surface area contributed by atoms with Crippen LogP contribution in [0.4, 0.5) is 0 Å². The Morgan fingerprint density at radius 1 is 1.50 bits per heavy atom. The summed E-state index contributed by atoms with van der Waals surface area (Å²) in [6.07, 6.45) is 4.82. The van der Waals surface area contributed by atoms with Crippen LogP contribution in [0.15, 0.2) is 24.5 Å². The third kappa shape index (κ3) is 4.81. The third-order valence-electron chi connectivity index (χ3n) is 2.77. The summed E-state index contributed by atoms with van der Waals surface area (Å²) in [5, 5.41) is 2.89. The first-order chi connectivity index (χ1) is 8.65. The van der Waals surface area contributed by atoms with Crippen LogP contribution in [0.25, 0.3) is 0 Å². The number of rotatable bonds is 7. The number of hydrogen-bond donors (Lipinski definition) is 2. The Morgan fingerprint density at radius 3 is 2.78 bits per heavy atom. The van der Waals surface area contributed by atoms with Crippen molar-refractivity contribution in [3.05, 3.63) is 30.1 Å². The number of carbonyl (C=O) groups is 1. The smallest absolute Gasteiger partial charge is 0.237 e. The Bertz CT molecular complexity index is 357. The van der Waals surface area contributed by atoms with Crippen LogP contribution >= 0.6 is 0 Å². The van der Waals surface area contributed by atoms with Crippen LogP contribution in [0.5, 0.6) is 0 Å². The summed E-state index contributed by atoms with van der Waals surface area (Å²) >= 11 is 0. The van der Waals surface area contributed by atoms with E-state index in [9.17, 15) is 4.79 Å². The van der Waals surface area contributed by atoms with Gasteiger partial charge >= 0.3 is 0 Å². The maximum Gasteiger partial charge on any atom is 0.237 e. The van der Waals surface area contributed by atoms with Crippen LogP contribution in [0.2, 0.25) is 0 Å². The lowest BCUT2D eigenvalue weighted by molar-refractivity contribution is -0.123. The minimum absolute atomic E-state index is 0.0611. The monoisotopic (exact) mass is 251 g/mol. The van der Waals surface area contributed by atoms with Crippen molar-refractivity contribution in [1.29, 1.82) is 0 Å². The van der Waals surface area contributed by atoms with Gasteiger partial charge in [-0.3, -0.25) is 9.78 Å². The number of methoxy groups -OCH3 is 1. The summed E-state index contributed by atoms with van der Waals surface area (Å²) in [5.74, 6) is -0.129. The standard InChI is InChI=1S/C13H21N3O2/c1-10(11-5-7-15-8-6-11)16-13(17)12(14)4-3-9-18-2/h5-8,10,12H,3-4,9,14H2,1-2H3,(H,16,17)/t10-,12?/m1/s1. The van der Waals surface area contributed by atoms with Gasteiger partial charge in [-0.15, -0.1) is 0 Å². The highest BCUT2D eigenvalue weighted by molar-refractivity contribution is 5.81. The van der Waals surface area contributed by atoms with E-state index in [0.717, 1.165) is 12.0 Å². The number of aromatic nitrogens is 1. The molecule has 2 atom stereocenters. The molecule has 100 valence electrons. The van der Waals surface area contributed by atoms with Gasteiger partial charge in [-0.25, -0.2) is 0 Å². The molecule has 18 heavy (non-hydrogen) atoms. The minimum atomic E-state index is -0.482. The van der Waals surface area contributed by atoms with Gasteiger partial charge in [-0.2, -0.15) is 0 Å². The average molecular weight is 251 g/mol. The summed E-state index contributed by atoms with van der Waals surface area (Å²) in [7, 11) is 1.64. The summed E-state index contributed by atoms with van der Waals surface area (Å²) < 4.78 is 4.93. The molecule has 1 aromatic heterocycles. The molecular weight excluding hydrogens is 230 g/mol. The summed E-state index contributed by atoms with van der Waals surface area (Å²) in [4.78, 5) is 15.8. The zero-order chi connectivity index (χ0) is 13.4. The van der Waals surface area contributed by atoms with E-state index in [2.05, 4.69) is 10.3 Å². The highest BCUT2D eigenvalue weighted by atomic mass is 16.5. The molecule has 0 spiro atoms. The van der Waals surface area contributed by atoms with Crippen molar-refractivity contribution in [2.75, 3.05) is 13.7 Å². The Hall–Kier alpha value is -1.46. The minimum Gasteiger partial charge on any atom is -0.385 e. The Morgan fingerprint density at radius 2 is 2.17 bits per heavy atom. The molecule has 3 N–H and O–H groups in total. The Balaban J connectivity index is 2.39. The van der Waals surface area contributed by atoms with E-state index < -0.39 is 6.04 Å². The molecule has 0 saturated heterocycles. The first-order valence-electron chi connectivity index (χ1n) is 6.10. The van der Waals surface area contributed by atoms with Gasteiger partial charge in [-0.1, -0.05) is 0 Å². The molecule has 0 radical (unpaired) electrons. The fraction of sp³-hybridized carbons (Fsp3) is 0.538. The van der Waals surface area contributed by atoms with E-state index >= 15 is 0 Å². The number of carbonyl (C=O) groups excluding carboxylic acids is 1. The second-order valence-corrected chi connectivity index (χ2v) is 4.25. The molecule has 5 nitrogen and oxygen atoms in total. The number of nitrogens with zero attached hydrogens (tertiary/aromatic N) is 1. The lowest BCUT2D eigenvalue weighted by atomic mass is 10.1. The number of nitrogens with one attached hydrogen (secondary N) is 1. The van der Waals surface area contributed by atoms with Crippen LogP contribution < -0.4 is 11.1 Å². The first kappa shape index (κ1) is 14.6. The quantitative estimate of drug-likeness (QED) is 0.709. The van der Waals surface area contributed by atoms with Crippen molar-refractivity contribution in [2.45, 2.75) is 31.8 Å². The number of amides is 1. The van der Waals surface area contributed by atoms with Crippen molar-refractivity contribution in [3.63, 3.8) is 0 Å². The fourth-order valence-electron chi connectivity index (χ4n) is 1.63. The molecule has 1 heterocycles. The van der Waals surface area contributed by atoms with Gasteiger partial charge in [0.2, 0.25) is 5.91 Å². The highest BCUT2D eigenvalue weighted by Crippen LogP contribution is 2.10. The molecule has 0 bridgehead atoms. The van der Waals surface area contributed by atoms with Gasteiger partial charge in [0, 0.05) is 26.1 Å². The number of hydrogen-bond acceptors (Lipinski definition) is 4. The molecular formula is C13H21N3O2. The SMILES string of the molecule is COCCCC(N)C(=O)N[C@H](C)c1ccncc1. The lowest BCUT2D eigenvalue weighted by Gasteiger charge is -2.17. The van der Waals surface area contributed by atoms with Crippen molar-refractivity contribution in [3.8, 4) is 0 Å². The molecule has 0 aromatic carbocycles. The summed E-state index contributed by atoms with van der Waals surface area (Å²) in [6, 6.07) is 3.21. The molecule has 1 rings (SSSR count). The second-order valence-electron chi connectivity index (χ2n) is 4.25. The molecule has 0 aliphatic heterocycles. The van der Waals surface area contributed by atoms with E-state index in [1.807, 2.05) is 19.1 Å². The molecule has 0 saturated carbocycles. The Kier molecular flexibility index (Phi) is 6.32. The highest BCUT2D eigenvalue weighted by Gasteiger charge is 2.16. The van der Waals surface area contributed by atoms with E-state index in [0.29, 0.717) is 13.0 Å². The van der Waals surface area contributed by atoms with Crippen LogP contribution in [-0.4, -0.2) is 30.6 Å². The molecule has 1 aromatic rings. The topological polar surface area (TPSA) is 77.2 Å². The van der Waals surface area contributed by atoms with E-state index in [1.165, 1.54) is 0 Å². The van der Waals surface area contributed by atoms with Crippen LogP contribution in [0.1, 0.15) is 31.4 Å². The van der Waals surface area contributed by atoms with Gasteiger partial charge < -0.3 is 15.8 Å². The van der Waals surface area contributed by atoms with Gasteiger partial charge in [0.1, 0.15) is 0 Å². The van der Waals surface area contributed by atoms with E-state index in [-0.39, 0.29) is 11.9 Å². The fourth-order valence-corrected chi connectivity index (χ4v) is 1.63. The normalized spacial score (nSPS) is 13.9. The summed E-state index contributed by atoms with van der Waals surface area (Å²) in [6.45, 7) is 2.55. The zero-order valence-electron chi connectivity index (χ0n) is 10.9. The maximum absolute atomic E-state index is 11.8. The second kappa shape index (κ2) is 7.79. The Labute approximate surface area is 108 Å². The molecule has 1 amide bonds. The predicted molar refractivity (Wildman–Crippen MR) is 69.9 cm³/mol. The van der Waals surface area contributed by atoms with E-state index in [1.54, 1.807) is 19.5 Å². The van der Waals surface area contributed by atoms with Crippen molar-refractivity contribution < 1.29 is 9.53 Å². The zero-order valence-corrected chi connectivity index (χ0v) is 10.9. The predicted octanol–water partition coefficient (Wildman–Crippen LogP) is 1.01. The molecule has 1 unspecified atom stereocenters. The number of ether oxygens (including phenoxy) is 1. The largest absolute Gasteiger partial charge is 0.385 e. The molecule has 0 aliphatic carbocycles. The van der Waals surface area contributed by atoms with Crippen LogP contribution in [0, 0.1) is 0 Å². The van der Waals surface area contributed by atoms with Gasteiger partial charge in [-0.05, 0) is 37.5 Å². The third-order valence-corrected chi connectivity index (χ3v) is 2.77. The first-order valence-corrected chi connectivity index (χ1v) is 6.10. The van der Waals surface area contributed by atoms with Gasteiger partial charge in [0.15, 0.2) is 0 Å². The van der Waals surface area contributed by atoms with Crippen molar-refractivity contribution in [2.24, 2.45) is 5.73 Å². The van der Waals surface area contributed by atoms with E-state index in [4.69, 9.17) is 10.5 Å². The molecule has 0 fully saturated rings. The van der Waals surface area contributed by atoms with Crippen LogP contribution in [0.3, 0.4) is 0 Å². The molecule has 5 heteroatoms.